The molecular weight excluding hydrogens is 574 g/mol. The third-order valence-electron chi connectivity index (χ3n) is 6.78. The Morgan fingerprint density at radius 3 is 2.23 bits per heavy atom. The van der Waals surface area contributed by atoms with E-state index in [1.165, 1.54) is 52.5 Å². The van der Waals surface area contributed by atoms with Gasteiger partial charge < -0.3 is 40.6 Å². The van der Waals surface area contributed by atoms with E-state index >= 15 is 0 Å². The average molecular weight is 610 g/mol. The molecule has 0 aliphatic rings. The number of nitrogens with two attached hydrogens (primary N) is 1. The summed E-state index contributed by atoms with van der Waals surface area (Å²) in [5, 5.41) is 33.3. The summed E-state index contributed by atoms with van der Waals surface area (Å²) in [5.41, 5.74) is 7.48. The minimum absolute atomic E-state index is 0.0220. The van der Waals surface area contributed by atoms with Gasteiger partial charge in [-0.1, -0.05) is 36.4 Å². The third-order valence-corrected chi connectivity index (χ3v) is 6.78. The number of ether oxygens (including phenoxy) is 3. The number of amides is 2. The van der Waals surface area contributed by atoms with E-state index in [4.69, 9.17) is 15.2 Å². The monoisotopic (exact) mass is 609 g/mol. The molecule has 0 bridgehead atoms. The fraction of sp³-hybridized carbons (Fsp3) is 0.290. The van der Waals surface area contributed by atoms with E-state index in [0.717, 1.165) is 4.90 Å². The maximum atomic E-state index is 13.4. The van der Waals surface area contributed by atoms with Crippen LogP contribution in [-0.4, -0.2) is 77.5 Å². The number of hydrogen-bond donors (Lipinski definition) is 5. The number of phenolic OH excluding ortho intramolecular Hbond substituents is 2. The first kappa shape index (κ1) is 33.2. The van der Waals surface area contributed by atoms with Crippen LogP contribution in [0.5, 0.6) is 17.2 Å². The number of carboxylic acid groups (broad SMARTS) is 1. The van der Waals surface area contributed by atoms with E-state index < -0.39 is 42.1 Å². The number of aliphatic carboxylic acids is 1. The van der Waals surface area contributed by atoms with Crippen molar-refractivity contribution >= 4 is 23.9 Å². The Labute approximate surface area is 253 Å². The van der Waals surface area contributed by atoms with Crippen molar-refractivity contribution in [2.24, 2.45) is 5.73 Å². The fourth-order valence-corrected chi connectivity index (χ4v) is 4.46. The number of hydrogen-bond acceptors (Lipinski definition) is 10. The van der Waals surface area contributed by atoms with Gasteiger partial charge in [0.15, 0.2) is 11.5 Å². The SMILES string of the molecule is COC(=O)C(N)Cc1cc(O)c(OC)c(-c2cc(C(C(=O)NC(C)C(=O)O)N(C)C(=O)OCc3ccccc3)ccc2O)c1. The van der Waals surface area contributed by atoms with Gasteiger partial charge in [-0.05, 0) is 54.3 Å². The number of methoxy groups -OCH3 is 2. The smallest absolute Gasteiger partial charge is 0.410 e. The van der Waals surface area contributed by atoms with Crippen molar-refractivity contribution in [3.63, 3.8) is 0 Å². The number of nitrogens with one attached hydrogen (secondary N) is 1. The molecule has 0 spiro atoms. The van der Waals surface area contributed by atoms with Crippen LogP contribution in [0.1, 0.15) is 29.7 Å². The van der Waals surface area contributed by atoms with E-state index in [2.05, 4.69) is 10.1 Å². The van der Waals surface area contributed by atoms with Crippen LogP contribution in [0.25, 0.3) is 11.1 Å². The van der Waals surface area contributed by atoms with Gasteiger partial charge in [0.25, 0.3) is 0 Å². The summed E-state index contributed by atoms with van der Waals surface area (Å²) in [5.74, 6) is -3.40. The van der Waals surface area contributed by atoms with Crippen molar-refractivity contribution in [3.05, 3.63) is 77.4 Å². The highest BCUT2D eigenvalue weighted by molar-refractivity contribution is 5.91. The quantitative estimate of drug-likeness (QED) is 0.189. The first-order chi connectivity index (χ1) is 20.9. The van der Waals surface area contributed by atoms with E-state index in [-0.39, 0.29) is 47.0 Å². The predicted octanol–water partition coefficient (Wildman–Crippen LogP) is 2.72. The Morgan fingerprint density at radius 1 is 0.932 bits per heavy atom. The van der Waals surface area contributed by atoms with Gasteiger partial charge in [-0.3, -0.25) is 19.3 Å². The van der Waals surface area contributed by atoms with Gasteiger partial charge in [-0.15, -0.1) is 0 Å². The summed E-state index contributed by atoms with van der Waals surface area (Å²) in [6, 6.07) is 12.1. The minimum atomic E-state index is -1.41. The first-order valence-corrected chi connectivity index (χ1v) is 13.4. The van der Waals surface area contributed by atoms with Gasteiger partial charge in [0.05, 0.1) is 14.2 Å². The number of rotatable bonds is 12. The molecule has 3 unspecified atom stereocenters. The molecule has 3 aromatic carbocycles. The molecule has 0 radical (unpaired) electrons. The first-order valence-electron chi connectivity index (χ1n) is 13.4. The van der Waals surface area contributed by atoms with Crippen molar-refractivity contribution in [3.8, 4) is 28.4 Å². The zero-order chi connectivity index (χ0) is 32.6. The third kappa shape index (κ3) is 7.95. The summed E-state index contributed by atoms with van der Waals surface area (Å²) < 4.78 is 15.5. The Kier molecular flexibility index (Phi) is 11.1. The number of phenols is 2. The number of nitrogens with zero attached hydrogens (tertiary/aromatic N) is 1. The van der Waals surface area contributed by atoms with Crippen LogP contribution in [0, 0.1) is 0 Å². The lowest BCUT2D eigenvalue weighted by molar-refractivity contribution is -0.142. The van der Waals surface area contributed by atoms with Crippen molar-refractivity contribution < 1.29 is 48.7 Å². The van der Waals surface area contributed by atoms with Crippen LogP contribution in [0.15, 0.2) is 60.7 Å². The van der Waals surface area contributed by atoms with Gasteiger partial charge in [-0.2, -0.15) is 0 Å². The molecule has 0 aliphatic heterocycles. The van der Waals surface area contributed by atoms with Gasteiger partial charge in [-0.25, -0.2) is 4.79 Å². The zero-order valence-electron chi connectivity index (χ0n) is 24.6. The van der Waals surface area contributed by atoms with Crippen LogP contribution >= 0.6 is 0 Å². The normalized spacial score (nSPS) is 12.8. The summed E-state index contributed by atoms with van der Waals surface area (Å²) >= 11 is 0. The lowest BCUT2D eigenvalue weighted by atomic mass is 9.94. The van der Waals surface area contributed by atoms with Crippen LogP contribution < -0.4 is 15.8 Å². The topological polar surface area (TPSA) is 198 Å². The maximum Gasteiger partial charge on any atom is 0.410 e. The average Bonchev–Trinajstić information content (AvgIpc) is 3.00. The summed E-state index contributed by atoms with van der Waals surface area (Å²) in [6.07, 6.45) is -0.896. The molecule has 0 fully saturated rings. The number of carbonyl (C=O) groups is 4. The van der Waals surface area contributed by atoms with E-state index in [1.54, 1.807) is 30.3 Å². The van der Waals surface area contributed by atoms with Gasteiger partial charge in [0, 0.05) is 18.2 Å². The number of carbonyl (C=O) groups excluding carboxylic acids is 3. The van der Waals surface area contributed by atoms with Crippen molar-refractivity contribution in [2.45, 2.75) is 38.1 Å². The molecule has 0 heterocycles. The molecule has 44 heavy (non-hydrogen) atoms. The molecule has 2 amide bonds. The molecule has 6 N–H and O–H groups in total. The second kappa shape index (κ2) is 14.7. The van der Waals surface area contributed by atoms with Crippen LogP contribution in [-0.2, 0) is 36.9 Å². The summed E-state index contributed by atoms with van der Waals surface area (Å²) in [6.45, 7) is 1.19. The van der Waals surface area contributed by atoms with E-state index in [0.29, 0.717) is 11.1 Å². The molecule has 0 saturated heterocycles. The molecule has 3 atom stereocenters. The Hall–Kier alpha value is -5.30. The molecule has 0 aliphatic carbocycles. The second-order valence-corrected chi connectivity index (χ2v) is 9.93. The van der Waals surface area contributed by atoms with Gasteiger partial charge in [0.2, 0.25) is 5.91 Å². The highest BCUT2D eigenvalue weighted by Gasteiger charge is 2.32. The highest BCUT2D eigenvalue weighted by Crippen LogP contribution is 2.43. The number of carboxylic acids is 1. The molecule has 3 rings (SSSR count). The number of aromatic hydroxyl groups is 2. The van der Waals surface area contributed by atoms with Crippen LogP contribution in [0.2, 0.25) is 0 Å². The minimum Gasteiger partial charge on any atom is -0.507 e. The fourth-order valence-electron chi connectivity index (χ4n) is 4.46. The summed E-state index contributed by atoms with van der Waals surface area (Å²) in [7, 11) is 3.82. The number of likely N-dealkylation sites (N-methyl/N-ethyl adjacent to an activating group) is 1. The summed E-state index contributed by atoms with van der Waals surface area (Å²) in [4.78, 5) is 50.9. The van der Waals surface area contributed by atoms with Crippen LogP contribution in [0.3, 0.4) is 0 Å². The Morgan fingerprint density at radius 2 is 1.61 bits per heavy atom. The molecule has 13 heteroatoms. The molecule has 0 aromatic heterocycles. The Bertz CT molecular complexity index is 1510. The Balaban J connectivity index is 2.07. The highest BCUT2D eigenvalue weighted by atomic mass is 16.6. The van der Waals surface area contributed by atoms with Crippen molar-refractivity contribution in [1.82, 2.24) is 10.2 Å². The second-order valence-electron chi connectivity index (χ2n) is 9.93. The predicted molar refractivity (Wildman–Crippen MR) is 158 cm³/mol. The maximum absolute atomic E-state index is 13.4. The van der Waals surface area contributed by atoms with Gasteiger partial charge in [0.1, 0.15) is 30.5 Å². The largest absolute Gasteiger partial charge is 0.507 e. The van der Waals surface area contributed by atoms with E-state index in [1.807, 2.05) is 6.07 Å². The van der Waals surface area contributed by atoms with Crippen molar-refractivity contribution in [2.75, 3.05) is 21.3 Å². The number of esters is 1. The van der Waals surface area contributed by atoms with Crippen LogP contribution in [0.4, 0.5) is 4.79 Å². The molecule has 13 nitrogen and oxygen atoms in total. The molecule has 234 valence electrons. The standard InChI is InChI=1S/C31H35N3O10/c1-17(29(38)39)33-28(37)26(34(2)31(41)44-16-18-8-6-5-7-9-18)20-10-11-24(35)21(15-20)22-12-19(13-23(32)30(40)43-4)14-25(36)27(22)42-3/h5-12,14-15,17,23,26,35-36H,13,16,32H2,1-4H3,(H,33,37)(H,38,39). The molecular formula is C31H35N3O10. The zero-order valence-corrected chi connectivity index (χ0v) is 24.6. The lowest BCUT2D eigenvalue weighted by Crippen LogP contribution is -2.46. The van der Waals surface area contributed by atoms with Gasteiger partial charge >= 0.3 is 18.0 Å². The van der Waals surface area contributed by atoms with Crippen molar-refractivity contribution in [1.29, 1.82) is 0 Å². The number of benzene rings is 3. The molecule has 0 saturated carbocycles. The van der Waals surface area contributed by atoms with E-state index in [9.17, 15) is 34.5 Å². The molecule has 3 aromatic rings. The lowest BCUT2D eigenvalue weighted by Gasteiger charge is -2.28.